The van der Waals surface area contributed by atoms with Crippen LogP contribution in [0.3, 0.4) is 0 Å². The highest BCUT2D eigenvalue weighted by Crippen LogP contribution is 2.40. The molecular formula is C27H34N2O5. The third-order valence-electron chi connectivity index (χ3n) is 5.35. The summed E-state index contributed by atoms with van der Waals surface area (Å²) >= 11 is 0. The standard InChI is InChI=1S/C27H34N2O5/c1-17(2)33-21-11-7-9-19(15-21)24-23(26(31)27(32)29(24)14-13-28(5)6)25(30)20-10-8-12-22(16-20)34-18(3)4/h7-12,15-18,24,30H,13-14H2,1-6H3/b25-23-. The molecule has 0 spiro atoms. The van der Waals surface area contributed by atoms with E-state index in [9.17, 15) is 14.7 Å². The minimum atomic E-state index is -0.731. The number of aliphatic hydroxyl groups is 1. The van der Waals surface area contributed by atoms with E-state index in [1.165, 1.54) is 4.90 Å². The van der Waals surface area contributed by atoms with Crippen LogP contribution in [0.1, 0.15) is 44.9 Å². The Bertz CT molecular complexity index is 1070. The van der Waals surface area contributed by atoms with E-state index in [2.05, 4.69) is 0 Å². The Kier molecular flexibility index (Phi) is 7.99. The zero-order valence-corrected chi connectivity index (χ0v) is 20.7. The second kappa shape index (κ2) is 10.7. The molecule has 34 heavy (non-hydrogen) atoms. The predicted octanol–water partition coefficient (Wildman–Crippen LogP) is 4.24. The lowest BCUT2D eigenvalue weighted by Gasteiger charge is -2.27. The number of aliphatic hydroxyl groups excluding tert-OH is 1. The van der Waals surface area contributed by atoms with Gasteiger partial charge in [0.25, 0.3) is 11.7 Å². The van der Waals surface area contributed by atoms with E-state index in [-0.39, 0.29) is 23.5 Å². The van der Waals surface area contributed by atoms with Gasteiger partial charge in [0, 0.05) is 18.7 Å². The van der Waals surface area contributed by atoms with Crippen LogP contribution < -0.4 is 9.47 Å². The zero-order chi connectivity index (χ0) is 25.0. The number of nitrogens with zero attached hydrogens (tertiary/aromatic N) is 2. The van der Waals surface area contributed by atoms with Crippen LogP contribution in [-0.2, 0) is 9.59 Å². The maximum Gasteiger partial charge on any atom is 0.295 e. The third-order valence-corrected chi connectivity index (χ3v) is 5.35. The van der Waals surface area contributed by atoms with Crippen LogP contribution in [0.4, 0.5) is 0 Å². The van der Waals surface area contributed by atoms with Gasteiger partial charge in [0.15, 0.2) is 0 Å². The molecule has 0 bridgehead atoms. The number of likely N-dealkylation sites (N-methyl/N-ethyl adjacent to an activating group) is 1. The molecule has 1 saturated heterocycles. The van der Waals surface area contributed by atoms with Crippen molar-refractivity contribution in [3.8, 4) is 11.5 Å². The van der Waals surface area contributed by atoms with Gasteiger partial charge in [-0.2, -0.15) is 0 Å². The first-order valence-electron chi connectivity index (χ1n) is 11.5. The van der Waals surface area contributed by atoms with E-state index in [4.69, 9.17) is 9.47 Å². The molecule has 1 aliphatic heterocycles. The van der Waals surface area contributed by atoms with Gasteiger partial charge in [-0.3, -0.25) is 9.59 Å². The first kappa shape index (κ1) is 25.3. The molecule has 1 atom stereocenters. The Morgan fingerprint density at radius 3 is 2.15 bits per heavy atom. The second-order valence-corrected chi connectivity index (χ2v) is 9.23. The maximum atomic E-state index is 13.2. The van der Waals surface area contributed by atoms with E-state index in [0.29, 0.717) is 35.7 Å². The van der Waals surface area contributed by atoms with Crippen LogP contribution in [0.5, 0.6) is 11.5 Å². The summed E-state index contributed by atoms with van der Waals surface area (Å²) in [5.41, 5.74) is 1.18. The Balaban J connectivity index is 2.13. The van der Waals surface area contributed by atoms with Crippen molar-refractivity contribution in [3.63, 3.8) is 0 Å². The summed E-state index contributed by atoms with van der Waals surface area (Å²) in [5, 5.41) is 11.3. The van der Waals surface area contributed by atoms with Crippen LogP contribution >= 0.6 is 0 Å². The molecular weight excluding hydrogens is 432 g/mol. The normalized spacial score (nSPS) is 17.8. The van der Waals surface area contributed by atoms with Gasteiger partial charge in [-0.05, 0) is 71.6 Å². The molecule has 0 aliphatic carbocycles. The van der Waals surface area contributed by atoms with Crippen LogP contribution in [0.25, 0.3) is 5.76 Å². The molecule has 1 unspecified atom stereocenters. The van der Waals surface area contributed by atoms with Crippen LogP contribution in [0.2, 0.25) is 0 Å². The monoisotopic (exact) mass is 466 g/mol. The minimum Gasteiger partial charge on any atom is -0.507 e. The molecule has 0 radical (unpaired) electrons. The molecule has 7 nitrogen and oxygen atoms in total. The fourth-order valence-electron chi connectivity index (χ4n) is 3.94. The van der Waals surface area contributed by atoms with Crippen LogP contribution in [0.15, 0.2) is 54.1 Å². The average molecular weight is 467 g/mol. The number of benzene rings is 2. The summed E-state index contributed by atoms with van der Waals surface area (Å²) in [5.74, 6) is -0.340. The number of Topliss-reactive ketones (excluding diaryl/α,β-unsaturated/α-hetero) is 1. The maximum absolute atomic E-state index is 13.2. The smallest absolute Gasteiger partial charge is 0.295 e. The summed E-state index contributed by atoms with van der Waals surface area (Å²) in [4.78, 5) is 29.7. The largest absolute Gasteiger partial charge is 0.507 e. The van der Waals surface area contributed by atoms with Crippen molar-refractivity contribution in [1.82, 2.24) is 9.80 Å². The van der Waals surface area contributed by atoms with Crippen molar-refractivity contribution in [2.45, 2.75) is 45.9 Å². The highest BCUT2D eigenvalue weighted by molar-refractivity contribution is 6.46. The highest BCUT2D eigenvalue weighted by Gasteiger charge is 2.46. The molecule has 1 heterocycles. The number of carbonyl (C=O) groups excluding carboxylic acids is 2. The number of amides is 1. The van der Waals surface area contributed by atoms with Gasteiger partial charge in [-0.25, -0.2) is 0 Å². The summed E-state index contributed by atoms with van der Waals surface area (Å²) < 4.78 is 11.6. The summed E-state index contributed by atoms with van der Waals surface area (Å²) in [6.07, 6.45) is -0.0724. The number of hydrogen-bond acceptors (Lipinski definition) is 6. The van der Waals surface area contributed by atoms with Gasteiger partial charge in [-0.1, -0.05) is 24.3 Å². The van der Waals surface area contributed by atoms with E-state index in [1.54, 1.807) is 24.3 Å². The number of ether oxygens (including phenoxy) is 2. The fraction of sp³-hybridized carbons (Fsp3) is 0.407. The molecule has 182 valence electrons. The van der Waals surface area contributed by atoms with Gasteiger partial charge in [0.05, 0.1) is 23.8 Å². The summed E-state index contributed by atoms with van der Waals surface area (Å²) in [6.45, 7) is 8.60. The molecule has 1 aliphatic rings. The summed E-state index contributed by atoms with van der Waals surface area (Å²) in [7, 11) is 3.81. The second-order valence-electron chi connectivity index (χ2n) is 9.23. The number of likely N-dealkylation sites (tertiary alicyclic amines) is 1. The van der Waals surface area contributed by atoms with Crippen molar-refractivity contribution < 1.29 is 24.2 Å². The van der Waals surface area contributed by atoms with Gasteiger partial charge in [0.2, 0.25) is 0 Å². The SMILES string of the molecule is CC(C)Oc1cccc(/C(O)=C2/C(=O)C(=O)N(CCN(C)C)C2c2cccc(OC(C)C)c2)c1. The van der Waals surface area contributed by atoms with Gasteiger partial charge >= 0.3 is 0 Å². The van der Waals surface area contributed by atoms with Gasteiger partial charge in [0.1, 0.15) is 17.3 Å². The number of carbonyl (C=O) groups is 2. The van der Waals surface area contributed by atoms with Crippen molar-refractivity contribution in [2.75, 3.05) is 27.2 Å². The van der Waals surface area contributed by atoms with Crippen molar-refractivity contribution in [3.05, 3.63) is 65.2 Å². The van der Waals surface area contributed by atoms with Gasteiger partial charge < -0.3 is 24.4 Å². The highest BCUT2D eigenvalue weighted by atomic mass is 16.5. The van der Waals surface area contributed by atoms with Crippen LogP contribution in [-0.4, -0.2) is 66.0 Å². The number of ketones is 1. The Labute approximate surface area is 201 Å². The lowest BCUT2D eigenvalue weighted by atomic mass is 9.95. The summed E-state index contributed by atoms with van der Waals surface area (Å²) in [6, 6.07) is 13.5. The van der Waals surface area contributed by atoms with E-state index in [1.807, 2.05) is 71.0 Å². The lowest BCUT2D eigenvalue weighted by molar-refractivity contribution is -0.140. The fourth-order valence-corrected chi connectivity index (χ4v) is 3.94. The van der Waals surface area contributed by atoms with Crippen molar-refractivity contribution in [2.24, 2.45) is 0 Å². The molecule has 0 aromatic heterocycles. The van der Waals surface area contributed by atoms with E-state index >= 15 is 0 Å². The van der Waals surface area contributed by atoms with E-state index < -0.39 is 17.7 Å². The Hall–Kier alpha value is -3.32. The molecule has 2 aromatic carbocycles. The first-order chi connectivity index (χ1) is 16.1. The van der Waals surface area contributed by atoms with Crippen LogP contribution in [0, 0.1) is 0 Å². The molecule has 1 amide bonds. The minimum absolute atomic E-state index is 0.0287. The molecule has 3 rings (SSSR count). The van der Waals surface area contributed by atoms with Gasteiger partial charge in [-0.15, -0.1) is 0 Å². The molecule has 1 N–H and O–H groups in total. The first-order valence-corrected chi connectivity index (χ1v) is 11.5. The van der Waals surface area contributed by atoms with Crippen molar-refractivity contribution >= 4 is 17.4 Å². The van der Waals surface area contributed by atoms with E-state index in [0.717, 1.165) is 0 Å². The lowest BCUT2D eigenvalue weighted by Crippen LogP contribution is -2.35. The average Bonchev–Trinajstić information content (AvgIpc) is 3.01. The Morgan fingerprint density at radius 2 is 1.56 bits per heavy atom. The molecule has 1 fully saturated rings. The molecule has 2 aromatic rings. The topological polar surface area (TPSA) is 79.3 Å². The molecule has 0 saturated carbocycles. The number of hydrogen-bond donors (Lipinski definition) is 1. The van der Waals surface area contributed by atoms with Crippen molar-refractivity contribution in [1.29, 1.82) is 0 Å². The zero-order valence-electron chi connectivity index (χ0n) is 20.7. The third kappa shape index (κ3) is 5.78. The molecule has 7 heteroatoms. The quantitative estimate of drug-likeness (QED) is 0.338. The Morgan fingerprint density at radius 1 is 0.971 bits per heavy atom. The predicted molar refractivity (Wildman–Crippen MR) is 132 cm³/mol. The number of rotatable bonds is 9.